The standard InChI is InChI=1S/C14H28N4O2/c1-13(14(19)18-9-11-20-12-10-18)17-5-2-4-16(6-3-15)7-8-17/h13H,2-12,15H2,1H3. The van der Waals surface area contributed by atoms with Gasteiger partial charge >= 0.3 is 0 Å². The van der Waals surface area contributed by atoms with Crippen molar-refractivity contribution in [2.75, 3.05) is 65.6 Å². The van der Waals surface area contributed by atoms with Crippen molar-refractivity contribution in [1.29, 1.82) is 0 Å². The van der Waals surface area contributed by atoms with Crippen LogP contribution in [0, 0.1) is 0 Å². The highest BCUT2D eigenvalue weighted by molar-refractivity contribution is 5.81. The maximum atomic E-state index is 12.5. The van der Waals surface area contributed by atoms with Crippen molar-refractivity contribution in [3.8, 4) is 0 Å². The van der Waals surface area contributed by atoms with Gasteiger partial charge in [0, 0.05) is 45.8 Å². The first-order valence-electron chi connectivity index (χ1n) is 7.75. The molecule has 6 nitrogen and oxygen atoms in total. The highest BCUT2D eigenvalue weighted by Gasteiger charge is 2.28. The number of morpholine rings is 1. The van der Waals surface area contributed by atoms with Crippen LogP contribution < -0.4 is 5.73 Å². The van der Waals surface area contributed by atoms with Crippen LogP contribution in [0.15, 0.2) is 0 Å². The Morgan fingerprint density at radius 1 is 1.15 bits per heavy atom. The number of nitrogens with two attached hydrogens (primary N) is 1. The van der Waals surface area contributed by atoms with Gasteiger partial charge in [-0.05, 0) is 19.9 Å². The summed E-state index contributed by atoms with van der Waals surface area (Å²) in [6, 6.07) is -0.0223. The molecule has 2 N–H and O–H groups in total. The maximum Gasteiger partial charge on any atom is 0.239 e. The van der Waals surface area contributed by atoms with Crippen molar-refractivity contribution in [1.82, 2.24) is 14.7 Å². The molecule has 2 rings (SSSR count). The third-order valence-corrected chi connectivity index (χ3v) is 4.30. The Bertz CT molecular complexity index is 308. The second-order valence-electron chi connectivity index (χ2n) is 5.63. The summed E-state index contributed by atoms with van der Waals surface area (Å²) >= 11 is 0. The fourth-order valence-corrected chi connectivity index (χ4v) is 2.99. The van der Waals surface area contributed by atoms with Crippen LogP contribution in [0.25, 0.3) is 0 Å². The first-order chi connectivity index (χ1) is 9.72. The molecule has 0 spiro atoms. The summed E-state index contributed by atoms with van der Waals surface area (Å²) in [7, 11) is 0. The molecule has 0 aromatic rings. The average Bonchev–Trinajstić information content (AvgIpc) is 2.73. The number of rotatable bonds is 4. The summed E-state index contributed by atoms with van der Waals surface area (Å²) in [6.45, 7) is 10.6. The normalized spacial score (nSPS) is 24.4. The van der Waals surface area contributed by atoms with Crippen LogP contribution in [0.5, 0.6) is 0 Å². The van der Waals surface area contributed by atoms with Crippen molar-refractivity contribution in [2.45, 2.75) is 19.4 Å². The minimum atomic E-state index is -0.0223. The lowest BCUT2D eigenvalue weighted by Crippen LogP contribution is -2.51. The van der Waals surface area contributed by atoms with Gasteiger partial charge in [-0.15, -0.1) is 0 Å². The molecule has 0 saturated carbocycles. The zero-order chi connectivity index (χ0) is 14.4. The summed E-state index contributed by atoms with van der Waals surface area (Å²) in [4.78, 5) is 19.2. The Morgan fingerprint density at radius 3 is 2.60 bits per heavy atom. The number of amides is 1. The molecule has 0 aromatic carbocycles. The van der Waals surface area contributed by atoms with Crippen molar-refractivity contribution in [3.63, 3.8) is 0 Å². The van der Waals surface area contributed by atoms with Gasteiger partial charge in [0.1, 0.15) is 0 Å². The molecule has 6 heteroatoms. The topological polar surface area (TPSA) is 62.0 Å². The Morgan fingerprint density at radius 2 is 1.90 bits per heavy atom. The Balaban J connectivity index is 1.84. The minimum absolute atomic E-state index is 0.0223. The lowest BCUT2D eigenvalue weighted by molar-refractivity contribution is -0.140. The number of hydrogen-bond donors (Lipinski definition) is 1. The third-order valence-electron chi connectivity index (χ3n) is 4.30. The summed E-state index contributed by atoms with van der Waals surface area (Å²) in [5.74, 6) is 0.251. The molecule has 1 unspecified atom stereocenters. The fourth-order valence-electron chi connectivity index (χ4n) is 2.99. The van der Waals surface area contributed by atoms with Crippen LogP contribution in [-0.2, 0) is 9.53 Å². The average molecular weight is 284 g/mol. The highest BCUT2D eigenvalue weighted by Crippen LogP contribution is 2.10. The molecule has 2 aliphatic heterocycles. The van der Waals surface area contributed by atoms with E-state index in [0.717, 1.165) is 52.2 Å². The van der Waals surface area contributed by atoms with Gasteiger partial charge in [-0.25, -0.2) is 0 Å². The minimum Gasteiger partial charge on any atom is -0.378 e. The smallest absolute Gasteiger partial charge is 0.239 e. The number of nitrogens with zero attached hydrogens (tertiary/aromatic N) is 3. The second-order valence-corrected chi connectivity index (χ2v) is 5.63. The Kier molecular flexibility index (Phi) is 6.22. The summed E-state index contributed by atoms with van der Waals surface area (Å²) < 4.78 is 5.31. The van der Waals surface area contributed by atoms with Gasteiger partial charge in [-0.2, -0.15) is 0 Å². The molecule has 2 aliphatic rings. The first-order valence-corrected chi connectivity index (χ1v) is 7.75. The van der Waals surface area contributed by atoms with Gasteiger partial charge in [0.15, 0.2) is 0 Å². The van der Waals surface area contributed by atoms with E-state index in [-0.39, 0.29) is 11.9 Å². The van der Waals surface area contributed by atoms with Crippen LogP contribution >= 0.6 is 0 Å². The van der Waals surface area contributed by atoms with Crippen LogP contribution in [0.4, 0.5) is 0 Å². The van der Waals surface area contributed by atoms with Crippen molar-refractivity contribution < 1.29 is 9.53 Å². The van der Waals surface area contributed by atoms with Crippen LogP contribution in [-0.4, -0.2) is 92.2 Å². The van der Waals surface area contributed by atoms with Gasteiger partial charge in [-0.3, -0.25) is 9.69 Å². The van der Waals surface area contributed by atoms with Crippen LogP contribution in [0.1, 0.15) is 13.3 Å². The number of ether oxygens (including phenoxy) is 1. The van der Waals surface area contributed by atoms with Gasteiger partial charge in [0.2, 0.25) is 5.91 Å². The lowest BCUT2D eigenvalue weighted by atomic mass is 10.2. The molecule has 0 aromatic heterocycles. The van der Waals surface area contributed by atoms with E-state index in [4.69, 9.17) is 10.5 Å². The molecular formula is C14H28N4O2. The van der Waals surface area contributed by atoms with E-state index in [1.54, 1.807) is 0 Å². The van der Waals surface area contributed by atoms with Gasteiger partial charge < -0.3 is 20.3 Å². The van der Waals surface area contributed by atoms with E-state index < -0.39 is 0 Å². The SMILES string of the molecule is CC(C(=O)N1CCOCC1)N1CCCN(CCN)CC1. The molecule has 2 fully saturated rings. The molecular weight excluding hydrogens is 256 g/mol. The van der Waals surface area contributed by atoms with E-state index in [1.807, 2.05) is 11.8 Å². The second kappa shape index (κ2) is 7.93. The zero-order valence-electron chi connectivity index (χ0n) is 12.6. The number of hydrogen-bond acceptors (Lipinski definition) is 5. The summed E-state index contributed by atoms with van der Waals surface area (Å²) in [5, 5.41) is 0. The molecule has 2 heterocycles. The molecule has 0 aliphatic carbocycles. The summed E-state index contributed by atoms with van der Waals surface area (Å²) in [5.41, 5.74) is 5.62. The van der Waals surface area contributed by atoms with Crippen molar-refractivity contribution >= 4 is 5.91 Å². The van der Waals surface area contributed by atoms with Crippen LogP contribution in [0.2, 0.25) is 0 Å². The predicted molar refractivity (Wildman–Crippen MR) is 78.5 cm³/mol. The fraction of sp³-hybridized carbons (Fsp3) is 0.929. The number of carbonyl (C=O) groups excluding carboxylic acids is 1. The molecule has 0 radical (unpaired) electrons. The molecule has 20 heavy (non-hydrogen) atoms. The number of carbonyl (C=O) groups is 1. The third kappa shape index (κ3) is 4.15. The first kappa shape index (κ1) is 15.7. The van der Waals surface area contributed by atoms with Gasteiger partial charge in [0.25, 0.3) is 0 Å². The van der Waals surface area contributed by atoms with Crippen molar-refractivity contribution in [3.05, 3.63) is 0 Å². The van der Waals surface area contributed by atoms with E-state index in [1.165, 1.54) is 0 Å². The Hall–Kier alpha value is -0.690. The van der Waals surface area contributed by atoms with E-state index in [2.05, 4.69) is 9.80 Å². The molecule has 116 valence electrons. The van der Waals surface area contributed by atoms with E-state index in [0.29, 0.717) is 19.8 Å². The van der Waals surface area contributed by atoms with Crippen molar-refractivity contribution in [2.24, 2.45) is 5.73 Å². The highest BCUT2D eigenvalue weighted by atomic mass is 16.5. The molecule has 0 bridgehead atoms. The van der Waals surface area contributed by atoms with E-state index >= 15 is 0 Å². The summed E-state index contributed by atoms with van der Waals surface area (Å²) in [6.07, 6.45) is 1.11. The molecule has 2 saturated heterocycles. The lowest BCUT2D eigenvalue weighted by Gasteiger charge is -2.34. The monoisotopic (exact) mass is 284 g/mol. The Labute approximate surface area is 121 Å². The molecule has 1 atom stereocenters. The molecule has 1 amide bonds. The van der Waals surface area contributed by atoms with E-state index in [9.17, 15) is 4.79 Å². The quantitative estimate of drug-likeness (QED) is 0.732. The van der Waals surface area contributed by atoms with Gasteiger partial charge in [0.05, 0.1) is 19.3 Å². The van der Waals surface area contributed by atoms with Gasteiger partial charge in [-0.1, -0.05) is 0 Å². The van der Waals surface area contributed by atoms with Crippen LogP contribution in [0.3, 0.4) is 0 Å². The largest absolute Gasteiger partial charge is 0.378 e. The zero-order valence-corrected chi connectivity index (χ0v) is 12.6. The maximum absolute atomic E-state index is 12.5. The predicted octanol–water partition coefficient (Wildman–Crippen LogP) is -0.800.